The third-order valence-corrected chi connectivity index (χ3v) is 5.17. The lowest BCUT2D eigenvalue weighted by Crippen LogP contribution is -2.51. The molecule has 1 rings (SSSR count). The highest BCUT2D eigenvalue weighted by molar-refractivity contribution is 8.00. The van der Waals surface area contributed by atoms with E-state index in [9.17, 15) is 4.79 Å². The van der Waals surface area contributed by atoms with Gasteiger partial charge in [-0.15, -0.1) is 0 Å². The lowest BCUT2D eigenvalue weighted by Gasteiger charge is -2.30. The lowest BCUT2D eigenvalue weighted by atomic mass is 9.87. The van der Waals surface area contributed by atoms with Gasteiger partial charge >= 0.3 is 0 Å². The van der Waals surface area contributed by atoms with Crippen LogP contribution < -0.4 is 11.1 Å². The van der Waals surface area contributed by atoms with Crippen LogP contribution in [0.4, 0.5) is 0 Å². The molecular formula is C13H26N2OS. The largest absolute Gasteiger partial charge is 0.353 e. The molecule has 0 heterocycles. The van der Waals surface area contributed by atoms with E-state index in [1.54, 1.807) is 0 Å². The summed E-state index contributed by atoms with van der Waals surface area (Å²) in [6.45, 7) is 6.75. The number of carbonyl (C=O) groups is 1. The minimum atomic E-state index is -0.428. The van der Waals surface area contributed by atoms with E-state index >= 15 is 0 Å². The van der Waals surface area contributed by atoms with Gasteiger partial charge in [0.2, 0.25) is 5.91 Å². The Bertz CT molecular complexity index is 267. The number of thioether (sulfide) groups is 1. The summed E-state index contributed by atoms with van der Waals surface area (Å²) in [5.74, 6) is -0.0159. The number of hydrogen-bond donors (Lipinski definition) is 2. The van der Waals surface area contributed by atoms with Gasteiger partial charge in [-0.2, -0.15) is 11.8 Å². The molecule has 0 unspecified atom stereocenters. The van der Waals surface area contributed by atoms with Crippen molar-refractivity contribution in [2.75, 3.05) is 12.8 Å². The minimum Gasteiger partial charge on any atom is -0.353 e. The van der Waals surface area contributed by atoms with Gasteiger partial charge in [-0.3, -0.25) is 4.79 Å². The van der Waals surface area contributed by atoms with Crippen molar-refractivity contribution in [3.05, 3.63) is 0 Å². The van der Waals surface area contributed by atoms with Crippen LogP contribution >= 0.6 is 11.8 Å². The third kappa shape index (κ3) is 3.88. The molecule has 100 valence electrons. The van der Waals surface area contributed by atoms with Crippen LogP contribution in [0.2, 0.25) is 0 Å². The zero-order chi connectivity index (χ0) is 13.1. The summed E-state index contributed by atoms with van der Waals surface area (Å²) in [5.41, 5.74) is 5.77. The zero-order valence-corrected chi connectivity index (χ0v) is 12.3. The van der Waals surface area contributed by atoms with Gasteiger partial charge in [0.15, 0.2) is 0 Å². The molecule has 0 aromatic rings. The summed E-state index contributed by atoms with van der Waals surface area (Å²) >= 11 is 1.89. The highest BCUT2D eigenvalue weighted by Crippen LogP contribution is 2.39. The molecule has 17 heavy (non-hydrogen) atoms. The summed E-state index contributed by atoms with van der Waals surface area (Å²) in [6.07, 6.45) is 7.11. The maximum Gasteiger partial charge on any atom is 0.237 e. The molecule has 0 radical (unpaired) electrons. The van der Waals surface area contributed by atoms with Crippen molar-refractivity contribution in [1.82, 2.24) is 5.32 Å². The van der Waals surface area contributed by atoms with Gasteiger partial charge in [0, 0.05) is 11.3 Å². The summed E-state index contributed by atoms with van der Waals surface area (Å²) in [5, 5.41) is 3.04. The fourth-order valence-electron chi connectivity index (χ4n) is 2.22. The molecule has 1 saturated carbocycles. The first-order valence-electron chi connectivity index (χ1n) is 6.39. The van der Waals surface area contributed by atoms with E-state index in [0.29, 0.717) is 0 Å². The Balaban J connectivity index is 2.47. The van der Waals surface area contributed by atoms with E-state index in [0.717, 1.165) is 6.54 Å². The first-order chi connectivity index (χ1) is 7.81. The Labute approximate surface area is 109 Å². The molecule has 1 fully saturated rings. The fourth-order valence-corrected chi connectivity index (χ4v) is 3.14. The van der Waals surface area contributed by atoms with Gasteiger partial charge in [-0.25, -0.2) is 0 Å². The second-order valence-electron chi connectivity index (χ2n) is 6.16. The first kappa shape index (κ1) is 14.8. The molecular weight excluding hydrogens is 232 g/mol. The molecule has 0 aromatic carbocycles. The second kappa shape index (κ2) is 5.61. The van der Waals surface area contributed by atoms with E-state index in [-0.39, 0.29) is 16.1 Å². The Hall–Kier alpha value is -0.220. The highest BCUT2D eigenvalue weighted by atomic mass is 32.2. The van der Waals surface area contributed by atoms with Crippen LogP contribution in [0.15, 0.2) is 0 Å². The van der Waals surface area contributed by atoms with Crippen LogP contribution in [0.5, 0.6) is 0 Å². The Morgan fingerprint density at radius 1 is 1.41 bits per heavy atom. The average molecular weight is 258 g/mol. The maximum absolute atomic E-state index is 12.0. The van der Waals surface area contributed by atoms with Crippen LogP contribution in [0.3, 0.4) is 0 Å². The average Bonchev–Trinajstić information content (AvgIpc) is 2.73. The minimum absolute atomic E-state index is 0.0159. The van der Waals surface area contributed by atoms with Gasteiger partial charge in [0.1, 0.15) is 0 Å². The second-order valence-corrected chi connectivity index (χ2v) is 7.43. The van der Waals surface area contributed by atoms with Gasteiger partial charge in [0.05, 0.1) is 6.04 Å². The third-order valence-electron chi connectivity index (χ3n) is 3.75. The molecule has 4 heteroatoms. The Morgan fingerprint density at radius 3 is 2.35 bits per heavy atom. The van der Waals surface area contributed by atoms with Crippen molar-refractivity contribution in [1.29, 1.82) is 0 Å². The molecule has 1 atom stereocenters. The molecule has 0 aliphatic heterocycles. The van der Waals surface area contributed by atoms with Crippen molar-refractivity contribution in [2.45, 2.75) is 57.2 Å². The van der Waals surface area contributed by atoms with Crippen LogP contribution in [0, 0.1) is 5.41 Å². The predicted octanol–water partition coefficient (Wildman–Crippen LogP) is 2.15. The van der Waals surface area contributed by atoms with Gasteiger partial charge in [-0.05, 0) is 24.5 Å². The number of nitrogens with two attached hydrogens (primary N) is 1. The number of hydrogen-bond acceptors (Lipinski definition) is 3. The highest BCUT2D eigenvalue weighted by Gasteiger charge is 2.35. The molecule has 1 aliphatic rings. The van der Waals surface area contributed by atoms with Gasteiger partial charge < -0.3 is 11.1 Å². The van der Waals surface area contributed by atoms with Gasteiger partial charge in [-0.1, -0.05) is 33.6 Å². The number of nitrogens with one attached hydrogen (secondary N) is 1. The summed E-state index contributed by atoms with van der Waals surface area (Å²) in [4.78, 5) is 12.0. The summed E-state index contributed by atoms with van der Waals surface area (Å²) < 4.78 is 0.257. The van der Waals surface area contributed by atoms with Crippen LogP contribution in [-0.4, -0.2) is 29.5 Å². The fraction of sp³-hybridized carbons (Fsp3) is 0.923. The topological polar surface area (TPSA) is 55.1 Å². The smallest absolute Gasteiger partial charge is 0.237 e. The number of carbonyl (C=O) groups excluding carboxylic acids is 1. The summed E-state index contributed by atoms with van der Waals surface area (Å²) in [7, 11) is 0. The Morgan fingerprint density at radius 2 is 1.94 bits per heavy atom. The monoisotopic (exact) mass is 258 g/mol. The number of rotatable bonds is 4. The van der Waals surface area contributed by atoms with Gasteiger partial charge in [0.25, 0.3) is 0 Å². The number of amides is 1. The molecule has 1 amide bonds. The molecule has 0 bridgehead atoms. The van der Waals surface area contributed by atoms with Crippen molar-refractivity contribution in [3.63, 3.8) is 0 Å². The van der Waals surface area contributed by atoms with Crippen molar-refractivity contribution in [2.24, 2.45) is 11.1 Å². The van der Waals surface area contributed by atoms with Crippen molar-refractivity contribution < 1.29 is 4.79 Å². The van der Waals surface area contributed by atoms with E-state index in [1.807, 2.05) is 32.5 Å². The van der Waals surface area contributed by atoms with E-state index < -0.39 is 6.04 Å². The standard InChI is InChI=1S/C13H26N2OS/c1-12(2,3)10(14)11(16)15-9-13(17-4)7-5-6-8-13/h10H,5-9,14H2,1-4H3,(H,15,16)/t10-/m1/s1. The maximum atomic E-state index is 12.0. The van der Waals surface area contributed by atoms with Crippen molar-refractivity contribution >= 4 is 17.7 Å². The van der Waals surface area contributed by atoms with Crippen molar-refractivity contribution in [3.8, 4) is 0 Å². The SMILES string of the molecule is CSC1(CNC(=O)[C@@H](N)C(C)(C)C)CCCC1. The zero-order valence-electron chi connectivity index (χ0n) is 11.5. The lowest BCUT2D eigenvalue weighted by molar-refractivity contribution is -0.124. The van der Waals surface area contributed by atoms with E-state index in [2.05, 4.69) is 11.6 Å². The molecule has 0 spiro atoms. The Kier molecular flexibility index (Phi) is 4.90. The molecule has 1 aliphatic carbocycles. The quantitative estimate of drug-likeness (QED) is 0.812. The summed E-state index contributed by atoms with van der Waals surface area (Å²) in [6, 6.07) is -0.428. The normalized spacial score (nSPS) is 21.2. The van der Waals surface area contributed by atoms with E-state index in [4.69, 9.17) is 5.73 Å². The molecule has 3 nitrogen and oxygen atoms in total. The van der Waals surface area contributed by atoms with Crippen LogP contribution in [0.1, 0.15) is 46.5 Å². The first-order valence-corrected chi connectivity index (χ1v) is 7.62. The molecule has 0 aromatic heterocycles. The van der Waals surface area contributed by atoms with Crippen LogP contribution in [-0.2, 0) is 4.79 Å². The van der Waals surface area contributed by atoms with Crippen LogP contribution in [0.25, 0.3) is 0 Å². The predicted molar refractivity (Wildman–Crippen MR) is 75.2 cm³/mol. The molecule has 3 N–H and O–H groups in total. The van der Waals surface area contributed by atoms with E-state index in [1.165, 1.54) is 25.7 Å². The molecule has 0 saturated heterocycles.